The highest BCUT2D eigenvalue weighted by Gasteiger charge is 2.18. The van der Waals surface area contributed by atoms with E-state index in [0.29, 0.717) is 5.56 Å². The van der Waals surface area contributed by atoms with Crippen molar-refractivity contribution in [2.24, 2.45) is 5.73 Å². The predicted octanol–water partition coefficient (Wildman–Crippen LogP) is 1.38. The summed E-state index contributed by atoms with van der Waals surface area (Å²) in [4.78, 5) is 0.288. The minimum absolute atomic E-state index is 0.270. The fourth-order valence-electron chi connectivity index (χ4n) is 1.29. The lowest BCUT2D eigenvalue weighted by Crippen LogP contribution is -2.38. The maximum absolute atomic E-state index is 12.0. The summed E-state index contributed by atoms with van der Waals surface area (Å²) in [7, 11) is -3.47. The topological polar surface area (TPSA) is 72.2 Å². The monoisotopic (exact) mass is 306 g/mol. The first-order chi connectivity index (χ1) is 7.36. The highest BCUT2D eigenvalue weighted by molar-refractivity contribution is 9.10. The number of rotatable bonds is 4. The first kappa shape index (κ1) is 13.6. The highest BCUT2D eigenvalue weighted by Crippen LogP contribution is 2.19. The summed E-state index contributed by atoms with van der Waals surface area (Å²) < 4.78 is 27.3. The zero-order valence-electron chi connectivity index (χ0n) is 9.20. The molecule has 0 aromatic heterocycles. The second kappa shape index (κ2) is 5.27. The fourth-order valence-corrected chi connectivity index (χ4v) is 3.25. The molecule has 0 spiro atoms. The SMILES string of the molecule is Cc1cc(Br)ccc1S(=O)(=O)N[C@@H](C)CN. The van der Waals surface area contributed by atoms with Gasteiger partial charge in [-0.05, 0) is 37.6 Å². The molecule has 1 atom stereocenters. The van der Waals surface area contributed by atoms with Crippen molar-refractivity contribution in [3.05, 3.63) is 28.2 Å². The standard InChI is InChI=1S/C10H15BrN2O2S/c1-7-5-9(11)3-4-10(7)16(14,15)13-8(2)6-12/h3-5,8,13H,6,12H2,1-2H3/t8-/m0/s1. The molecule has 6 heteroatoms. The number of aryl methyl sites for hydroxylation is 1. The smallest absolute Gasteiger partial charge is 0.241 e. The van der Waals surface area contributed by atoms with Crippen molar-refractivity contribution in [1.29, 1.82) is 0 Å². The molecule has 0 amide bonds. The van der Waals surface area contributed by atoms with E-state index in [1.807, 2.05) is 0 Å². The van der Waals surface area contributed by atoms with Gasteiger partial charge in [-0.25, -0.2) is 13.1 Å². The average Bonchev–Trinajstić information content (AvgIpc) is 2.16. The van der Waals surface area contributed by atoms with Gasteiger partial charge in [-0.15, -0.1) is 0 Å². The zero-order valence-corrected chi connectivity index (χ0v) is 11.6. The minimum atomic E-state index is -3.47. The highest BCUT2D eigenvalue weighted by atomic mass is 79.9. The number of benzene rings is 1. The van der Waals surface area contributed by atoms with Crippen LogP contribution in [0.1, 0.15) is 12.5 Å². The third-order valence-corrected chi connectivity index (χ3v) is 4.38. The lowest BCUT2D eigenvalue weighted by atomic mass is 10.2. The number of halogens is 1. The third-order valence-electron chi connectivity index (χ3n) is 2.14. The minimum Gasteiger partial charge on any atom is -0.329 e. The number of hydrogen-bond acceptors (Lipinski definition) is 3. The van der Waals surface area contributed by atoms with Crippen LogP contribution in [0, 0.1) is 6.92 Å². The number of hydrogen-bond donors (Lipinski definition) is 2. The van der Waals surface area contributed by atoms with Gasteiger partial charge in [-0.3, -0.25) is 0 Å². The van der Waals surface area contributed by atoms with Gasteiger partial charge in [-0.2, -0.15) is 0 Å². The van der Waals surface area contributed by atoms with Gasteiger partial charge < -0.3 is 5.73 Å². The second-order valence-corrected chi connectivity index (χ2v) is 6.27. The Morgan fingerprint density at radius 3 is 2.62 bits per heavy atom. The van der Waals surface area contributed by atoms with Gasteiger partial charge in [0.1, 0.15) is 0 Å². The van der Waals surface area contributed by atoms with E-state index >= 15 is 0 Å². The van der Waals surface area contributed by atoms with Gasteiger partial charge in [0, 0.05) is 17.1 Å². The van der Waals surface area contributed by atoms with Crippen LogP contribution >= 0.6 is 15.9 Å². The Kier molecular flexibility index (Phi) is 4.49. The molecule has 0 aliphatic heterocycles. The molecule has 0 saturated carbocycles. The Bertz CT molecular complexity index is 474. The van der Waals surface area contributed by atoms with Crippen LogP contribution < -0.4 is 10.5 Å². The molecular formula is C10H15BrN2O2S. The Hall–Kier alpha value is -0.430. The lowest BCUT2D eigenvalue weighted by Gasteiger charge is -2.13. The molecule has 0 fully saturated rings. The Morgan fingerprint density at radius 2 is 2.12 bits per heavy atom. The van der Waals surface area contributed by atoms with Gasteiger partial charge in [-0.1, -0.05) is 15.9 Å². The van der Waals surface area contributed by atoms with Crippen LogP contribution in [0.2, 0.25) is 0 Å². The van der Waals surface area contributed by atoms with Crippen molar-refractivity contribution >= 4 is 26.0 Å². The maximum atomic E-state index is 12.0. The van der Waals surface area contributed by atoms with Gasteiger partial charge in [0.2, 0.25) is 10.0 Å². The summed E-state index contributed by atoms with van der Waals surface area (Å²) in [5.41, 5.74) is 6.09. The van der Waals surface area contributed by atoms with E-state index in [2.05, 4.69) is 20.7 Å². The van der Waals surface area contributed by atoms with E-state index in [1.54, 1.807) is 32.0 Å². The molecule has 0 saturated heterocycles. The van der Waals surface area contributed by atoms with Crippen molar-refractivity contribution in [3.8, 4) is 0 Å². The van der Waals surface area contributed by atoms with Crippen molar-refractivity contribution in [2.45, 2.75) is 24.8 Å². The molecule has 90 valence electrons. The van der Waals surface area contributed by atoms with E-state index in [4.69, 9.17) is 5.73 Å². The Labute approximate surface area is 104 Å². The van der Waals surface area contributed by atoms with Crippen molar-refractivity contribution < 1.29 is 8.42 Å². The zero-order chi connectivity index (χ0) is 12.3. The lowest BCUT2D eigenvalue weighted by molar-refractivity contribution is 0.562. The van der Waals surface area contributed by atoms with E-state index in [-0.39, 0.29) is 17.5 Å². The number of nitrogens with one attached hydrogen (secondary N) is 1. The molecule has 0 radical (unpaired) electrons. The molecule has 1 aromatic carbocycles. The van der Waals surface area contributed by atoms with Crippen molar-refractivity contribution in [1.82, 2.24) is 4.72 Å². The van der Waals surface area contributed by atoms with Gasteiger partial charge >= 0.3 is 0 Å². The van der Waals surface area contributed by atoms with Crippen LogP contribution in [-0.2, 0) is 10.0 Å². The molecule has 0 heterocycles. The summed E-state index contributed by atoms with van der Waals surface area (Å²) in [6.07, 6.45) is 0. The summed E-state index contributed by atoms with van der Waals surface area (Å²) >= 11 is 3.29. The Morgan fingerprint density at radius 1 is 1.50 bits per heavy atom. The van der Waals surface area contributed by atoms with Crippen LogP contribution in [0.25, 0.3) is 0 Å². The van der Waals surface area contributed by atoms with Gasteiger partial charge in [0.05, 0.1) is 4.90 Å². The first-order valence-corrected chi connectivity index (χ1v) is 7.13. The number of sulfonamides is 1. The number of nitrogens with two attached hydrogens (primary N) is 1. The van der Waals surface area contributed by atoms with Gasteiger partial charge in [0.15, 0.2) is 0 Å². The van der Waals surface area contributed by atoms with E-state index < -0.39 is 10.0 Å². The largest absolute Gasteiger partial charge is 0.329 e. The second-order valence-electron chi connectivity index (χ2n) is 3.67. The van der Waals surface area contributed by atoms with E-state index in [9.17, 15) is 8.42 Å². The quantitative estimate of drug-likeness (QED) is 0.883. The van der Waals surface area contributed by atoms with E-state index in [1.165, 1.54) is 0 Å². The van der Waals surface area contributed by atoms with Crippen LogP contribution in [0.4, 0.5) is 0 Å². The predicted molar refractivity (Wildman–Crippen MR) is 67.7 cm³/mol. The molecule has 1 aromatic rings. The molecule has 16 heavy (non-hydrogen) atoms. The third kappa shape index (κ3) is 3.28. The molecule has 0 aliphatic carbocycles. The van der Waals surface area contributed by atoms with Crippen LogP contribution in [0.3, 0.4) is 0 Å². The summed E-state index contributed by atoms with van der Waals surface area (Å²) in [5.74, 6) is 0. The molecule has 1 rings (SSSR count). The molecular weight excluding hydrogens is 292 g/mol. The van der Waals surface area contributed by atoms with E-state index in [0.717, 1.165) is 4.47 Å². The summed E-state index contributed by atoms with van der Waals surface area (Å²) in [6, 6.07) is 4.77. The summed E-state index contributed by atoms with van der Waals surface area (Å²) in [5, 5.41) is 0. The van der Waals surface area contributed by atoms with Crippen molar-refractivity contribution in [3.63, 3.8) is 0 Å². The Balaban J connectivity index is 3.08. The molecule has 0 unspecified atom stereocenters. The molecule has 3 N–H and O–H groups in total. The van der Waals surface area contributed by atoms with Crippen LogP contribution in [-0.4, -0.2) is 21.0 Å². The van der Waals surface area contributed by atoms with Crippen molar-refractivity contribution in [2.75, 3.05) is 6.54 Å². The first-order valence-electron chi connectivity index (χ1n) is 4.85. The van der Waals surface area contributed by atoms with Crippen LogP contribution in [0.15, 0.2) is 27.6 Å². The van der Waals surface area contributed by atoms with Crippen LogP contribution in [0.5, 0.6) is 0 Å². The normalized spacial score (nSPS) is 13.8. The van der Waals surface area contributed by atoms with Gasteiger partial charge in [0.25, 0.3) is 0 Å². The summed E-state index contributed by atoms with van der Waals surface area (Å²) in [6.45, 7) is 3.76. The molecule has 4 nitrogen and oxygen atoms in total. The molecule has 0 aliphatic rings. The maximum Gasteiger partial charge on any atom is 0.241 e. The average molecular weight is 307 g/mol. The fraction of sp³-hybridized carbons (Fsp3) is 0.400. The molecule has 0 bridgehead atoms.